The van der Waals surface area contributed by atoms with Crippen molar-refractivity contribution in [1.29, 1.82) is 0 Å². The second kappa shape index (κ2) is 10.2. The van der Waals surface area contributed by atoms with Crippen LogP contribution in [0.1, 0.15) is 0 Å². The molecule has 2 heterocycles. The lowest BCUT2D eigenvalue weighted by Crippen LogP contribution is -2.40. The van der Waals surface area contributed by atoms with Gasteiger partial charge in [0.1, 0.15) is 6.33 Å². The maximum Gasteiger partial charge on any atom is 0.243 e. The number of ether oxygens (including phenoxy) is 2. The molecule has 1 aliphatic rings. The van der Waals surface area contributed by atoms with E-state index < -0.39 is 10.0 Å². The van der Waals surface area contributed by atoms with Gasteiger partial charge in [-0.3, -0.25) is 4.79 Å². The minimum Gasteiger partial charge on any atom is -0.383 e. The van der Waals surface area contributed by atoms with Gasteiger partial charge in [-0.25, -0.2) is 8.42 Å². The lowest BCUT2D eigenvalue weighted by molar-refractivity contribution is -0.113. The van der Waals surface area contributed by atoms with Gasteiger partial charge < -0.3 is 19.4 Å². The van der Waals surface area contributed by atoms with Crippen LogP contribution >= 0.6 is 11.8 Å². The fourth-order valence-electron chi connectivity index (χ4n) is 2.70. The molecule has 1 aromatic carbocycles. The molecule has 29 heavy (non-hydrogen) atoms. The standard InChI is InChI=1S/C17H23N5O5S2/c1-26-8-5-21-13-18-20-17(21)28-12-16(23)19-14-3-2-4-15(11-14)29(24,25)22-6-9-27-10-7-22/h2-4,11,13H,5-10,12H2,1H3,(H,19,23). The van der Waals surface area contributed by atoms with Crippen molar-refractivity contribution in [2.45, 2.75) is 16.6 Å². The number of nitrogens with one attached hydrogen (secondary N) is 1. The first-order chi connectivity index (χ1) is 14.0. The van der Waals surface area contributed by atoms with Crippen molar-refractivity contribution in [2.24, 2.45) is 0 Å². The molecule has 10 nitrogen and oxygen atoms in total. The Kier molecular flexibility index (Phi) is 7.61. The number of benzene rings is 1. The molecule has 1 saturated heterocycles. The van der Waals surface area contributed by atoms with Crippen LogP contribution in [0.25, 0.3) is 0 Å². The van der Waals surface area contributed by atoms with Crippen molar-refractivity contribution in [3.63, 3.8) is 0 Å². The van der Waals surface area contributed by atoms with Gasteiger partial charge in [0.25, 0.3) is 0 Å². The van der Waals surface area contributed by atoms with Crippen LogP contribution in [0.15, 0.2) is 40.6 Å². The molecular formula is C17H23N5O5S2. The first kappa shape index (κ1) is 21.7. The third-order valence-electron chi connectivity index (χ3n) is 4.17. The lowest BCUT2D eigenvalue weighted by Gasteiger charge is -2.26. The van der Waals surface area contributed by atoms with E-state index in [4.69, 9.17) is 9.47 Å². The van der Waals surface area contributed by atoms with Crippen molar-refractivity contribution >= 4 is 33.4 Å². The number of anilines is 1. The van der Waals surface area contributed by atoms with Crippen LogP contribution in [-0.4, -0.2) is 79.2 Å². The van der Waals surface area contributed by atoms with E-state index in [0.717, 1.165) is 0 Å². The third-order valence-corrected chi connectivity index (χ3v) is 7.05. The highest BCUT2D eigenvalue weighted by atomic mass is 32.2. The molecule has 0 saturated carbocycles. The van der Waals surface area contributed by atoms with Gasteiger partial charge in [-0.1, -0.05) is 17.8 Å². The van der Waals surface area contributed by atoms with E-state index in [1.807, 2.05) is 0 Å². The van der Waals surface area contributed by atoms with Gasteiger partial charge in [0, 0.05) is 32.4 Å². The summed E-state index contributed by atoms with van der Waals surface area (Å²) < 4.78 is 38.9. The number of amides is 1. The summed E-state index contributed by atoms with van der Waals surface area (Å²) in [4.78, 5) is 12.4. The Hall–Kier alpha value is -1.99. The molecule has 0 spiro atoms. The summed E-state index contributed by atoms with van der Waals surface area (Å²) in [5.41, 5.74) is 0.422. The number of thioether (sulfide) groups is 1. The monoisotopic (exact) mass is 441 g/mol. The Morgan fingerprint density at radius 3 is 2.90 bits per heavy atom. The summed E-state index contributed by atoms with van der Waals surface area (Å²) in [5.74, 6) is -0.149. The second-order valence-electron chi connectivity index (χ2n) is 6.18. The summed E-state index contributed by atoms with van der Waals surface area (Å²) in [5, 5.41) is 11.2. The zero-order valence-electron chi connectivity index (χ0n) is 16.0. The van der Waals surface area contributed by atoms with Crippen LogP contribution in [0.4, 0.5) is 5.69 Å². The molecule has 0 aliphatic carbocycles. The van der Waals surface area contributed by atoms with Crippen molar-refractivity contribution in [1.82, 2.24) is 19.1 Å². The maximum absolute atomic E-state index is 12.8. The van der Waals surface area contributed by atoms with Crippen LogP contribution in [0, 0.1) is 0 Å². The molecule has 1 aromatic heterocycles. The minimum absolute atomic E-state index is 0.117. The largest absolute Gasteiger partial charge is 0.383 e. The minimum atomic E-state index is -3.62. The maximum atomic E-state index is 12.8. The van der Waals surface area contributed by atoms with Crippen LogP contribution in [0.2, 0.25) is 0 Å². The number of methoxy groups -OCH3 is 1. The predicted molar refractivity (Wildman–Crippen MR) is 107 cm³/mol. The summed E-state index contributed by atoms with van der Waals surface area (Å²) in [7, 11) is -2.01. The SMILES string of the molecule is COCCn1cnnc1SCC(=O)Nc1cccc(S(=O)(=O)N2CCOCC2)c1. The van der Waals surface area contributed by atoms with Gasteiger partial charge in [-0.15, -0.1) is 10.2 Å². The Bertz CT molecular complexity index is 928. The topological polar surface area (TPSA) is 116 Å². The zero-order valence-corrected chi connectivity index (χ0v) is 17.6. The highest BCUT2D eigenvalue weighted by Crippen LogP contribution is 2.21. The van der Waals surface area contributed by atoms with Crippen molar-refractivity contribution in [2.75, 3.05) is 51.1 Å². The van der Waals surface area contributed by atoms with E-state index in [2.05, 4.69) is 15.5 Å². The normalized spacial score (nSPS) is 15.3. The molecule has 2 aromatic rings. The number of sulfonamides is 1. The van der Waals surface area contributed by atoms with Gasteiger partial charge >= 0.3 is 0 Å². The fourth-order valence-corrected chi connectivity index (χ4v) is 4.89. The van der Waals surface area contributed by atoms with Gasteiger partial charge in [0.15, 0.2) is 5.16 Å². The van der Waals surface area contributed by atoms with Gasteiger partial charge in [0.05, 0.1) is 30.5 Å². The molecule has 158 valence electrons. The van der Waals surface area contributed by atoms with E-state index in [-0.39, 0.29) is 16.6 Å². The number of morpholine rings is 1. The molecule has 0 radical (unpaired) electrons. The number of nitrogens with zero attached hydrogens (tertiary/aromatic N) is 4. The lowest BCUT2D eigenvalue weighted by atomic mass is 10.3. The number of hydrogen-bond donors (Lipinski definition) is 1. The average Bonchev–Trinajstić information content (AvgIpc) is 3.19. The Labute approximate surface area is 173 Å². The second-order valence-corrected chi connectivity index (χ2v) is 9.06. The van der Waals surface area contributed by atoms with Crippen LogP contribution in [0.5, 0.6) is 0 Å². The van der Waals surface area contributed by atoms with Crippen LogP contribution < -0.4 is 5.32 Å². The number of carbonyl (C=O) groups excluding carboxylic acids is 1. The van der Waals surface area contributed by atoms with Crippen molar-refractivity contribution in [3.05, 3.63) is 30.6 Å². The summed E-state index contributed by atoms with van der Waals surface area (Å²) in [6, 6.07) is 6.25. The highest BCUT2D eigenvalue weighted by molar-refractivity contribution is 7.99. The number of carbonyl (C=O) groups is 1. The summed E-state index contributed by atoms with van der Waals surface area (Å²) in [6.45, 7) is 2.50. The molecule has 1 N–H and O–H groups in total. The molecule has 0 unspecified atom stereocenters. The molecule has 1 fully saturated rings. The third kappa shape index (κ3) is 5.76. The van der Waals surface area contributed by atoms with E-state index in [1.54, 1.807) is 30.1 Å². The number of aromatic nitrogens is 3. The molecular weight excluding hydrogens is 418 g/mol. The summed E-state index contributed by atoms with van der Waals surface area (Å²) in [6.07, 6.45) is 1.58. The Morgan fingerprint density at radius 1 is 1.34 bits per heavy atom. The van der Waals surface area contributed by atoms with E-state index in [0.29, 0.717) is 50.3 Å². The molecule has 1 aliphatic heterocycles. The Morgan fingerprint density at radius 2 is 2.14 bits per heavy atom. The first-order valence-electron chi connectivity index (χ1n) is 8.98. The van der Waals surface area contributed by atoms with Crippen LogP contribution in [0.3, 0.4) is 0 Å². The van der Waals surface area contributed by atoms with Crippen molar-refractivity contribution < 1.29 is 22.7 Å². The average molecular weight is 442 g/mol. The number of rotatable bonds is 9. The van der Waals surface area contributed by atoms with Gasteiger partial charge in [-0.05, 0) is 18.2 Å². The van der Waals surface area contributed by atoms with E-state index >= 15 is 0 Å². The molecule has 1 amide bonds. The smallest absolute Gasteiger partial charge is 0.243 e. The first-order valence-corrected chi connectivity index (χ1v) is 11.4. The number of hydrogen-bond acceptors (Lipinski definition) is 8. The van der Waals surface area contributed by atoms with E-state index in [9.17, 15) is 13.2 Å². The molecule has 0 atom stereocenters. The molecule has 12 heteroatoms. The highest BCUT2D eigenvalue weighted by Gasteiger charge is 2.26. The fraction of sp³-hybridized carbons (Fsp3) is 0.471. The van der Waals surface area contributed by atoms with Gasteiger partial charge in [-0.2, -0.15) is 4.31 Å². The Balaban J connectivity index is 1.60. The van der Waals surface area contributed by atoms with Gasteiger partial charge in [0.2, 0.25) is 15.9 Å². The van der Waals surface area contributed by atoms with Crippen molar-refractivity contribution in [3.8, 4) is 0 Å². The summed E-state index contributed by atoms with van der Waals surface area (Å²) >= 11 is 1.25. The van der Waals surface area contributed by atoms with Crippen LogP contribution in [-0.2, 0) is 30.8 Å². The molecule has 0 bridgehead atoms. The zero-order chi connectivity index (χ0) is 20.7. The van der Waals surface area contributed by atoms with E-state index in [1.165, 1.54) is 28.2 Å². The molecule has 3 rings (SSSR count). The quantitative estimate of drug-likeness (QED) is 0.565. The predicted octanol–water partition coefficient (Wildman–Crippen LogP) is 0.676.